The van der Waals surface area contributed by atoms with E-state index >= 15 is 0 Å². The van der Waals surface area contributed by atoms with E-state index in [0.29, 0.717) is 0 Å². The molecule has 2 aliphatic heterocycles. The largest absolute Gasteiger partial charge is 0.353 e. The van der Waals surface area contributed by atoms with Crippen LogP contribution in [0.5, 0.6) is 0 Å². The van der Waals surface area contributed by atoms with Crippen LogP contribution in [0.4, 0.5) is 4.79 Å². The van der Waals surface area contributed by atoms with Crippen LogP contribution in [0.1, 0.15) is 12.8 Å². The molecule has 2 aliphatic rings. The van der Waals surface area contributed by atoms with Crippen LogP contribution in [-0.2, 0) is 9.47 Å². The maximum Gasteiger partial charge on any atom is 0.319 e. The van der Waals surface area contributed by atoms with E-state index in [1.165, 1.54) is 0 Å². The highest BCUT2D eigenvalue weighted by molar-refractivity contribution is 5.76. The second-order valence-electron chi connectivity index (χ2n) is 4.00. The van der Waals surface area contributed by atoms with Crippen LogP contribution in [0.25, 0.3) is 0 Å². The van der Waals surface area contributed by atoms with E-state index in [1.807, 2.05) is 11.9 Å². The van der Waals surface area contributed by atoms with E-state index in [4.69, 9.17) is 9.47 Å². The normalized spacial score (nSPS) is 23.9. The highest BCUT2D eigenvalue weighted by atomic mass is 16.7. The number of urea groups is 1. The second kappa shape index (κ2) is 4.81. The van der Waals surface area contributed by atoms with Crippen molar-refractivity contribution in [2.75, 3.05) is 39.9 Å². The van der Waals surface area contributed by atoms with Crippen LogP contribution in [-0.4, -0.2) is 62.0 Å². The van der Waals surface area contributed by atoms with Gasteiger partial charge in [-0.15, -0.1) is 0 Å². The van der Waals surface area contributed by atoms with Gasteiger partial charge in [-0.2, -0.15) is 0 Å². The monoisotopic (exact) mass is 214 g/mol. The summed E-state index contributed by atoms with van der Waals surface area (Å²) in [6, 6.07) is 0.116. The van der Waals surface area contributed by atoms with Gasteiger partial charge in [0, 0.05) is 33.1 Å². The van der Waals surface area contributed by atoms with E-state index in [2.05, 4.69) is 0 Å². The predicted molar refractivity (Wildman–Crippen MR) is 54.5 cm³/mol. The van der Waals surface area contributed by atoms with Crippen molar-refractivity contribution in [2.24, 2.45) is 0 Å². The molecule has 2 saturated heterocycles. The number of hydrogen-bond acceptors (Lipinski definition) is 3. The first-order valence-electron chi connectivity index (χ1n) is 5.50. The molecule has 0 aromatic heterocycles. The Balaban J connectivity index is 1.71. The molecule has 2 amide bonds. The molecule has 0 aliphatic carbocycles. The molecule has 0 aromatic rings. The fourth-order valence-electron chi connectivity index (χ4n) is 1.88. The van der Waals surface area contributed by atoms with Gasteiger partial charge in [0.2, 0.25) is 0 Å². The first-order valence-corrected chi connectivity index (χ1v) is 5.50. The highest BCUT2D eigenvalue weighted by Crippen LogP contribution is 2.12. The Morgan fingerprint density at radius 1 is 1.33 bits per heavy atom. The highest BCUT2D eigenvalue weighted by Gasteiger charge is 2.26. The molecule has 2 heterocycles. The summed E-state index contributed by atoms with van der Waals surface area (Å²) in [4.78, 5) is 15.1. The third-order valence-electron chi connectivity index (χ3n) is 2.83. The molecular weight excluding hydrogens is 196 g/mol. The molecule has 86 valence electrons. The molecule has 5 nitrogen and oxygen atoms in total. The van der Waals surface area contributed by atoms with Crippen LogP contribution in [0.3, 0.4) is 0 Å². The molecule has 0 radical (unpaired) electrons. The Bertz CT molecular complexity index is 229. The van der Waals surface area contributed by atoms with Gasteiger partial charge in [0.15, 0.2) is 6.29 Å². The summed E-state index contributed by atoms with van der Waals surface area (Å²) in [5.74, 6) is 0. The Morgan fingerprint density at radius 3 is 2.67 bits per heavy atom. The molecule has 0 bridgehead atoms. The third-order valence-corrected chi connectivity index (χ3v) is 2.83. The van der Waals surface area contributed by atoms with Crippen molar-refractivity contribution < 1.29 is 14.3 Å². The van der Waals surface area contributed by atoms with E-state index in [1.54, 1.807) is 4.90 Å². The van der Waals surface area contributed by atoms with Gasteiger partial charge in [-0.05, 0) is 6.42 Å². The zero-order valence-corrected chi connectivity index (χ0v) is 9.15. The molecule has 0 N–H and O–H groups in total. The average Bonchev–Trinajstić information content (AvgIpc) is 2.59. The molecule has 0 spiro atoms. The van der Waals surface area contributed by atoms with Gasteiger partial charge in [-0.25, -0.2) is 4.79 Å². The van der Waals surface area contributed by atoms with Gasteiger partial charge in [-0.1, -0.05) is 0 Å². The van der Waals surface area contributed by atoms with Crippen LogP contribution in [0.15, 0.2) is 0 Å². The van der Waals surface area contributed by atoms with Gasteiger partial charge >= 0.3 is 6.03 Å². The fraction of sp³-hybridized carbons (Fsp3) is 0.900. The van der Waals surface area contributed by atoms with Crippen molar-refractivity contribution >= 4 is 6.03 Å². The lowest BCUT2D eigenvalue weighted by Gasteiger charge is -2.25. The average molecular weight is 214 g/mol. The quantitative estimate of drug-likeness (QED) is 0.687. The van der Waals surface area contributed by atoms with Crippen LogP contribution in [0.2, 0.25) is 0 Å². The lowest BCUT2D eigenvalue weighted by Crippen LogP contribution is -2.34. The Morgan fingerprint density at radius 2 is 2.07 bits per heavy atom. The summed E-state index contributed by atoms with van der Waals surface area (Å²) >= 11 is 0. The van der Waals surface area contributed by atoms with Crippen LogP contribution >= 0.6 is 0 Å². The van der Waals surface area contributed by atoms with Gasteiger partial charge in [0.1, 0.15) is 0 Å². The molecule has 0 unspecified atom stereocenters. The maximum atomic E-state index is 11.5. The fourth-order valence-corrected chi connectivity index (χ4v) is 1.88. The number of rotatable bonds is 3. The SMILES string of the molecule is CN1CCN(CCC2OCCCO2)C1=O. The lowest BCUT2D eigenvalue weighted by atomic mass is 10.3. The Hall–Kier alpha value is -0.810. The van der Waals surface area contributed by atoms with Crippen molar-refractivity contribution in [2.45, 2.75) is 19.1 Å². The molecule has 0 atom stereocenters. The van der Waals surface area contributed by atoms with Crippen LogP contribution in [0, 0.1) is 0 Å². The number of nitrogens with zero attached hydrogens (tertiary/aromatic N) is 2. The van der Waals surface area contributed by atoms with E-state index < -0.39 is 0 Å². The summed E-state index contributed by atoms with van der Waals surface area (Å²) in [6.07, 6.45) is 1.64. The number of carbonyl (C=O) groups excluding carboxylic acids is 1. The Labute approximate surface area is 89.9 Å². The molecule has 0 saturated carbocycles. The minimum Gasteiger partial charge on any atom is -0.353 e. The smallest absolute Gasteiger partial charge is 0.319 e. The topological polar surface area (TPSA) is 42.0 Å². The zero-order chi connectivity index (χ0) is 10.7. The summed E-state index contributed by atoms with van der Waals surface area (Å²) < 4.78 is 10.9. The standard InChI is InChI=1S/C10H18N2O3/c1-11-5-6-12(10(11)13)4-3-9-14-7-2-8-15-9/h9H,2-8H2,1H3. The van der Waals surface area contributed by atoms with Gasteiger partial charge in [-0.3, -0.25) is 0 Å². The van der Waals surface area contributed by atoms with Crippen molar-refractivity contribution in [3.05, 3.63) is 0 Å². The van der Waals surface area contributed by atoms with Gasteiger partial charge in [0.05, 0.1) is 13.2 Å². The van der Waals surface area contributed by atoms with Crippen molar-refractivity contribution in [3.8, 4) is 0 Å². The lowest BCUT2D eigenvalue weighted by molar-refractivity contribution is -0.181. The minimum atomic E-state index is -0.113. The predicted octanol–water partition coefficient (Wildman–Crippen LogP) is 0.507. The van der Waals surface area contributed by atoms with Crippen LogP contribution < -0.4 is 0 Å². The number of carbonyl (C=O) groups is 1. The van der Waals surface area contributed by atoms with E-state index in [-0.39, 0.29) is 12.3 Å². The zero-order valence-electron chi connectivity index (χ0n) is 9.15. The molecular formula is C10H18N2O3. The van der Waals surface area contributed by atoms with Crippen molar-refractivity contribution in [1.82, 2.24) is 9.80 Å². The number of ether oxygens (including phenoxy) is 2. The molecule has 5 heteroatoms. The first-order chi connectivity index (χ1) is 7.27. The number of amides is 2. The summed E-state index contributed by atoms with van der Waals surface area (Å²) in [7, 11) is 1.83. The second-order valence-corrected chi connectivity index (χ2v) is 4.00. The van der Waals surface area contributed by atoms with Crippen molar-refractivity contribution in [3.63, 3.8) is 0 Å². The maximum absolute atomic E-state index is 11.5. The molecule has 15 heavy (non-hydrogen) atoms. The van der Waals surface area contributed by atoms with E-state index in [0.717, 1.165) is 45.7 Å². The summed E-state index contributed by atoms with van der Waals surface area (Å²) in [5.41, 5.74) is 0. The van der Waals surface area contributed by atoms with E-state index in [9.17, 15) is 4.79 Å². The summed E-state index contributed by atoms with van der Waals surface area (Å²) in [6.45, 7) is 3.93. The third kappa shape index (κ3) is 2.60. The van der Waals surface area contributed by atoms with Crippen molar-refractivity contribution in [1.29, 1.82) is 0 Å². The summed E-state index contributed by atoms with van der Waals surface area (Å²) in [5, 5.41) is 0. The molecule has 2 fully saturated rings. The minimum absolute atomic E-state index is 0.113. The Kier molecular flexibility index (Phi) is 3.43. The number of likely N-dealkylation sites (N-methyl/N-ethyl adjacent to an activating group) is 1. The van der Waals surface area contributed by atoms with Gasteiger partial charge in [0.25, 0.3) is 0 Å². The van der Waals surface area contributed by atoms with Gasteiger partial charge < -0.3 is 19.3 Å². The molecule has 0 aromatic carbocycles. The number of hydrogen-bond donors (Lipinski definition) is 0. The molecule has 2 rings (SSSR count). The first kappa shape index (κ1) is 10.7.